The smallest absolute Gasteiger partial charge is 0.292 e. The van der Waals surface area contributed by atoms with E-state index in [1.807, 2.05) is 25.0 Å². The molecule has 0 fully saturated rings. The van der Waals surface area contributed by atoms with Crippen LogP contribution in [0.4, 0.5) is 0 Å². The zero-order chi connectivity index (χ0) is 8.53. The summed E-state index contributed by atoms with van der Waals surface area (Å²) in [6, 6.07) is 8.94. The van der Waals surface area contributed by atoms with Gasteiger partial charge in [0.15, 0.2) is 0 Å². The van der Waals surface area contributed by atoms with E-state index in [1.165, 1.54) is 0 Å². The first kappa shape index (κ1) is 9.18. The summed E-state index contributed by atoms with van der Waals surface area (Å²) in [7, 11) is 0. The Bertz CT molecular complexity index is 228. The van der Waals surface area contributed by atoms with Crippen molar-refractivity contribution in [2.24, 2.45) is 0 Å². The SMILES string of the molecule is C=O.N#COc1ccccc1. The largest absolute Gasteiger partial charge is 0.388 e. The summed E-state index contributed by atoms with van der Waals surface area (Å²) in [5, 5.41) is 8.05. The molecule has 0 saturated heterocycles. The number of nitrogens with zero attached hydrogens (tertiary/aromatic N) is 1. The van der Waals surface area contributed by atoms with E-state index < -0.39 is 0 Å². The number of nitriles is 1. The average molecular weight is 149 g/mol. The Morgan fingerprint density at radius 2 is 1.82 bits per heavy atom. The van der Waals surface area contributed by atoms with E-state index in [2.05, 4.69) is 4.74 Å². The van der Waals surface area contributed by atoms with Crippen molar-refractivity contribution in [2.45, 2.75) is 0 Å². The molecular weight excluding hydrogens is 142 g/mol. The summed E-state index contributed by atoms with van der Waals surface area (Å²) in [4.78, 5) is 8.00. The Morgan fingerprint density at radius 1 is 1.27 bits per heavy atom. The molecule has 0 aliphatic heterocycles. The number of benzene rings is 1. The Kier molecular flexibility index (Phi) is 5.26. The van der Waals surface area contributed by atoms with Gasteiger partial charge in [0.25, 0.3) is 6.26 Å². The number of ether oxygens (including phenoxy) is 1. The van der Waals surface area contributed by atoms with Crippen molar-refractivity contribution in [3.8, 4) is 12.0 Å². The molecule has 0 aliphatic carbocycles. The van der Waals surface area contributed by atoms with Gasteiger partial charge >= 0.3 is 0 Å². The topological polar surface area (TPSA) is 50.1 Å². The van der Waals surface area contributed by atoms with Gasteiger partial charge in [0, 0.05) is 0 Å². The zero-order valence-electron chi connectivity index (χ0n) is 5.86. The van der Waals surface area contributed by atoms with E-state index in [0.717, 1.165) is 0 Å². The van der Waals surface area contributed by atoms with E-state index in [0.29, 0.717) is 5.75 Å². The molecule has 1 aromatic rings. The summed E-state index contributed by atoms with van der Waals surface area (Å²) < 4.78 is 4.51. The lowest BCUT2D eigenvalue weighted by molar-refractivity contribution is -0.0979. The van der Waals surface area contributed by atoms with Crippen LogP contribution in [0.25, 0.3) is 0 Å². The molecule has 0 heterocycles. The van der Waals surface area contributed by atoms with Crippen molar-refractivity contribution < 1.29 is 9.53 Å². The number of para-hydroxylation sites is 1. The van der Waals surface area contributed by atoms with Crippen molar-refractivity contribution in [1.29, 1.82) is 5.26 Å². The van der Waals surface area contributed by atoms with Crippen LogP contribution in [0, 0.1) is 11.5 Å². The van der Waals surface area contributed by atoms with Crippen LogP contribution >= 0.6 is 0 Å². The predicted molar refractivity (Wildman–Crippen MR) is 39.8 cm³/mol. The minimum atomic E-state index is 0.583. The van der Waals surface area contributed by atoms with Gasteiger partial charge in [-0.25, -0.2) is 0 Å². The van der Waals surface area contributed by atoms with Crippen molar-refractivity contribution in [1.82, 2.24) is 0 Å². The van der Waals surface area contributed by atoms with Gasteiger partial charge in [-0.1, -0.05) is 18.2 Å². The second kappa shape index (κ2) is 6.30. The van der Waals surface area contributed by atoms with Crippen molar-refractivity contribution >= 4 is 6.79 Å². The minimum Gasteiger partial charge on any atom is -0.388 e. The predicted octanol–water partition coefficient (Wildman–Crippen LogP) is 1.36. The lowest BCUT2D eigenvalue weighted by Crippen LogP contribution is -1.78. The van der Waals surface area contributed by atoms with Crippen LogP contribution < -0.4 is 4.74 Å². The fraction of sp³-hybridized carbons (Fsp3) is 0. The molecule has 1 aromatic carbocycles. The molecular formula is C8H7NO2. The van der Waals surface area contributed by atoms with Crippen LogP contribution in [0.5, 0.6) is 5.75 Å². The summed E-state index contributed by atoms with van der Waals surface area (Å²) in [5.41, 5.74) is 0. The normalized spacial score (nSPS) is 6.82. The second-order valence-corrected chi connectivity index (χ2v) is 1.51. The molecule has 0 spiro atoms. The van der Waals surface area contributed by atoms with Crippen LogP contribution in [0.3, 0.4) is 0 Å². The van der Waals surface area contributed by atoms with Crippen LogP contribution in [0.15, 0.2) is 30.3 Å². The molecule has 0 bridgehead atoms. The first-order chi connectivity index (χ1) is 5.43. The van der Waals surface area contributed by atoms with E-state index in [-0.39, 0.29) is 0 Å². The van der Waals surface area contributed by atoms with Gasteiger partial charge in [-0.3, -0.25) is 0 Å². The average Bonchev–Trinajstić information content (AvgIpc) is 2.11. The number of hydrogen-bond acceptors (Lipinski definition) is 3. The van der Waals surface area contributed by atoms with Crippen LogP contribution in [0.1, 0.15) is 0 Å². The Labute approximate surface area is 64.8 Å². The highest BCUT2D eigenvalue weighted by Crippen LogP contribution is 2.06. The van der Waals surface area contributed by atoms with Gasteiger partial charge in [-0.2, -0.15) is 0 Å². The molecule has 0 amide bonds. The summed E-state index contributed by atoms with van der Waals surface area (Å²) in [6.45, 7) is 2.00. The first-order valence-electron chi connectivity index (χ1n) is 2.83. The minimum absolute atomic E-state index is 0.583. The lowest BCUT2D eigenvalue weighted by Gasteiger charge is -1.89. The summed E-state index contributed by atoms with van der Waals surface area (Å²) >= 11 is 0. The Morgan fingerprint density at radius 3 is 2.27 bits per heavy atom. The molecule has 11 heavy (non-hydrogen) atoms. The molecule has 1 rings (SSSR count). The molecule has 0 N–H and O–H groups in total. The molecule has 56 valence electrons. The molecule has 0 aliphatic rings. The first-order valence-corrected chi connectivity index (χ1v) is 2.83. The summed E-state index contributed by atoms with van der Waals surface area (Å²) in [6.07, 6.45) is 1.58. The highest BCUT2D eigenvalue weighted by atomic mass is 16.5. The molecule has 0 unspecified atom stereocenters. The van der Waals surface area contributed by atoms with Gasteiger partial charge in [0.2, 0.25) is 0 Å². The Hall–Kier alpha value is -1.82. The van der Waals surface area contributed by atoms with E-state index >= 15 is 0 Å². The standard InChI is InChI=1S/C7H5NO.CH2O/c8-6-9-7-4-2-1-3-5-7;1-2/h1-5H;1H2. The molecule has 3 heteroatoms. The molecule has 3 nitrogen and oxygen atoms in total. The molecule has 0 aromatic heterocycles. The Balaban J connectivity index is 0.000000461. The fourth-order valence-corrected chi connectivity index (χ4v) is 0.541. The fourth-order valence-electron chi connectivity index (χ4n) is 0.541. The van der Waals surface area contributed by atoms with Gasteiger partial charge in [0.1, 0.15) is 12.5 Å². The van der Waals surface area contributed by atoms with E-state index in [4.69, 9.17) is 10.1 Å². The van der Waals surface area contributed by atoms with Crippen LogP contribution in [0.2, 0.25) is 0 Å². The number of hydrogen-bond donors (Lipinski definition) is 0. The van der Waals surface area contributed by atoms with Crippen LogP contribution in [-0.4, -0.2) is 6.79 Å². The maximum absolute atomic E-state index is 8.05. The second-order valence-electron chi connectivity index (χ2n) is 1.51. The van der Waals surface area contributed by atoms with Gasteiger partial charge in [-0.15, -0.1) is 5.26 Å². The van der Waals surface area contributed by atoms with Crippen LogP contribution in [-0.2, 0) is 4.79 Å². The summed E-state index contributed by atoms with van der Waals surface area (Å²) in [5.74, 6) is 0.583. The van der Waals surface area contributed by atoms with Gasteiger partial charge in [-0.05, 0) is 12.1 Å². The maximum atomic E-state index is 8.05. The highest BCUT2D eigenvalue weighted by Gasteiger charge is 1.84. The molecule has 0 radical (unpaired) electrons. The van der Waals surface area contributed by atoms with Crippen molar-refractivity contribution in [3.63, 3.8) is 0 Å². The third-order valence-corrected chi connectivity index (χ3v) is 0.907. The zero-order valence-corrected chi connectivity index (χ0v) is 5.86. The van der Waals surface area contributed by atoms with Gasteiger partial charge in [0.05, 0.1) is 0 Å². The molecule has 0 saturated carbocycles. The highest BCUT2D eigenvalue weighted by molar-refractivity contribution is 5.21. The van der Waals surface area contributed by atoms with Crippen molar-refractivity contribution in [3.05, 3.63) is 30.3 Å². The van der Waals surface area contributed by atoms with Crippen molar-refractivity contribution in [2.75, 3.05) is 0 Å². The monoisotopic (exact) mass is 149 g/mol. The van der Waals surface area contributed by atoms with E-state index in [9.17, 15) is 0 Å². The van der Waals surface area contributed by atoms with Gasteiger partial charge < -0.3 is 9.53 Å². The molecule has 0 atom stereocenters. The third-order valence-electron chi connectivity index (χ3n) is 0.907. The number of rotatable bonds is 1. The number of carbonyl (C=O) groups excluding carboxylic acids is 1. The third kappa shape index (κ3) is 3.71. The quantitative estimate of drug-likeness (QED) is 0.566. The van der Waals surface area contributed by atoms with E-state index in [1.54, 1.807) is 18.4 Å². The number of carbonyl (C=O) groups is 1. The lowest BCUT2D eigenvalue weighted by atomic mass is 10.3. The maximum Gasteiger partial charge on any atom is 0.292 e.